The summed E-state index contributed by atoms with van der Waals surface area (Å²) in [6.07, 6.45) is -4.78. The zero-order valence-corrected chi connectivity index (χ0v) is 24.0. The number of thioether (sulfide) groups is 1. The number of para-hydroxylation sites is 1. The van der Waals surface area contributed by atoms with Crippen LogP contribution in [0, 0.1) is 5.92 Å². The van der Waals surface area contributed by atoms with Crippen molar-refractivity contribution in [3.8, 4) is 11.5 Å². The minimum Gasteiger partial charge on any atom is -0.493 e. The molecule has 1 N–H and O–H groups in total. The molecule has 0 spiro atoms. The monoisotopic (exact) mass is 632 g/mol. The van der Waals surface area contributed by atoms with Crippen molar-refractivity contribution in [2.45, 2.75) is 29.0 Å². The Morgan fingerprint density at radius 1 is 0.976 bits per heavy atom. The normalized spacial score (nSPS) is 19.9. The highest BCUT2D eigenvalue weighted by molar-refractivity contribution is 8.00. The number of aromatic amines is 1. The Labute approximate surface area is 250 Å². The highest BCUT2D eigenvalue weighted by Gasteiger charge is 2.57. The van der Waals surface area contributed by atoms with Gasteiger partial charge in [0, 0.05) is 15.8 Å². The molecule has 0 unspecified atom stereocenters. The summed E-state index contributed by atoms with van der Waals surface area (Å²) in [5, 5.41) is -0.0815. The van der Waals surface area contributed by atoms with Crippen molar-refractivity contribution in [3.05, 3.63) is 103 Å². The van der Waals surface area contributed by atoms with E-state index in [0.29, 0.717) is 36.9 Å². The van der Waals surface area contributed by atoms with Crippen LogP contribution in [0.15, 0.2) is 76.6 Å². The van der Waals surface area contributed by atoms with E-state index in [9.17, 15) is 27.6 Å². The van der Waals surface area contributed by atoms with Crippen molar-refractivity contribution in [1.82, 2.24) is 4.98 Å². The van der Waals surface area contributed by atoms with Gasteiger partial charge in [-0.15, -0.1) is 0 Å². The zero-order valence-electron chi connectivity index (χ0n) is 21.6. The number of aromatic nitrogens is 1. The number of H-pyrrole nitrogens is 1. The van der Waals surface area contributed by atoms with E-state index in [1.807, 2.05) is 6.07 Å². The fourth-order valence-corrected chi connectivity index (χ4v) is 8.03. The lowest BCUT2D eigenvalue weighted by molar-refractivity contribution is -0.137. The Hall–Kier alpha value is -3.74. The van der Waals surface area contributed by atoms with E-state index in [4.69, 9.17) is 21.1 Å². The quantitative estimate of drug-likeness (QED) is 0.245. The Morgan fingerprint density at radius 3 is 2.50 bits per heavy atom. The molecule has 0 aliphatic carbocycles. The standard InChI is InChI=1S/C29H20ClF3N2O5S2/c1-39-20-12-15(9-10-19(20)40-13-14-5-4-6-16(30)11-14)21-22-24(41-25-23(21)42-28(38)34-25)27(37)35(26(22)36)18-8-3-2-7-17(18)29(31,32)33/h2-12,21-22,24H,13H2,1H3,(H,34,38)/t21-,22-,24+/m0/s1. The number of hydrogen-bond acceptors (Lipinski definition) is 7. The molecule has 6 rings (SSSR count). The number of methoxy groups -OCH3 is 1. The number of carbonyl (C=O) groups is 2. The van der Waals surface area contributed by atoms with Gasteiger partial charge in [-0.1, -0.05) is 65.0 Å². The largest absolute Gasteiger partial charge is 0.493 e. The number of carbonyl (C=O) groups excluding carboxylic acids is 2. The first-order chi connectivity index (χ1) is 20.1. The van der Waals surface area contributed by atoms with Crippen LogP contribution in [0.1, 0.15) is 27.5 Å². The first kappa shape index (κ1) is 28.4. The molecule has 0 bridgehead atoms. The summed E-state index contributed by atoms with van der Waals surface area (Å²) in [6.45, 7) is 0.200. The van der Waals surface area contributed by atoms with Gasteiger partial charge >= 0.3 is 11.0 Å². The van der Waals surface area contributed by atoms with Crippen LogP contribution >= 0.6 is 34.7 Å². The van der Waals surface area contributed by atoms with E-state index >= 15 is 0 Å². The van der Waals surface area contributed by atoms with Crippen molar-refractivity contribution >= 4 is 52.2 Å². The molecule has 2 aliphatic rings. The van der Waals surface area contributed by atoms with Crippen LogP contribution in [0.25, 0.3) is 0 Å². The number of fused-ring (bicyclic) bond motifs is 2. The first-order valence-electron chi connectivity index (χ1n) is 12.6. The van der Waals surface area contributed by atoms with Crippen molar-refractivity contribution in [3.63, 3.8) is 0 Å². The number of imide groups is 1. The second kappa shape index (κ2) is 10.8. The lowest BCUT2D eigenvalue weighted by Gasteiger charge is -2.30. The number of anilines is 1. The SMILES string of the molecule is COc1cc([C@@H]2c3sc(=O)[nH]c3S[C@H]3C(=O)N(c4ccccc4C(F)(F)F)C(=O)[C@@H]23)ccc1OCc1cccc(Cl)c1. The summed E-state index contributed by atoms with van der Waals surface area (Å²) in [5.41, 5.74) is -0.233. The van der Waals surface area contributed by atoms with E-state index in [2.05, 4.69) is 4.98 Å². The number of rotatable bonds is 6. The number of benzene rings is 3. The lowest BCUT2D eigenvalue weighted by Crippen LogP contribution is -2.33. The molecular weight excluding hydrogens is 613 g/mol. The van der Waals surface area contributed by atoms with Gasteiger partial charge in [0.1, 0.15) is 11.9 Å². The van der Waals surface area contributed by atoms with Gasteiger partial charge in [0.25, 0.3) is 0 Å². The van der Waals surface area contributed by atoms with Crippen molar-refractivity contribution < 1.29 is 32.2 Å². The third-order valence-electron chi connectivity index (χ3n) is 7.10. The van der Waals surface area contributed by atoms with Crippen LogP contribution in [0.2, 0.25) is 5.02 Å². The number of halogens is 4. The highest BCUT2D eigenvalue weighted by atomic mass is 35.5. The van der Waals surface area contributed by atoms with Gasteiger partial charge in [0.05, 0.1) is 29.3 Å². The predicted molar refractivity (Wildman–Crippen MR) is 153 cm³/mol. The number of nitrogens with zero attached hydrogens (tertiary/aromatic N) is 1. The maximum Gasteiger partial charge on any atom is 0.418 e. The Bertz CT molecular complexity index is 1770. The van der Waals surface area contributed by atoms with Gasteiger partial charge in [0.2, 0.25) is 11.8 Å². The molecule has 2 aliphatic heterocycles. The number of alkyl halides is 3. The van der Waals surface area contributed by atoms with E-state index in [1.165, 1.54) is 19.2 Å². The summed E-state index contributed by atoms with van der Waals surface area (Å²) in [7, 11) is 1.45. The van der Waals surface area contributed by atoms with Crippen molar-refractivity contribution in [2.75, 3.05) is 12.0 Å². The first-order valence-corrected chi connectivity index (χ1v) is 14.6. The van der Waals surface area contributed by atoms with Crippen LogP contribution in [0.4, 0.5) is 18.9 Å². The average molecular weight is 633 g/mol. The number of amides is 2. The second-order valence-electron chi connectivity index (χ2n) is 9.61. The molecule has 3 heterocycles. The van der Waals surface area contributed by atoms with E-state index in [1.54, 1.807) is 36.4 Å². The molecule has 1 saturated heterocycles. The number of hydrogen-bond donors (Lipinski definition) is 1. The van der Waals surface area contributed by atoms with Crippen LogP contribution in [-0.4, -0.2) is 29.2 Å². The van der Waals surface area contributed by atoms with Gasteiger partial charge in [-0.25, -0.2) is 4.90 Å². The zero-order chi connectivity index (χ0) is 29.8. The molecule has 1 aromatic heterocycles. The van der Waals surface area contributed by atoms with Crippen LogP contribution in [-0.2, 0) is 22.4 Å². The Kier molecular flexibility index (Phi) is 7.32. The van der Waals surface area contributed by atoms with E-state index in [0.717, 1.165) is 40.8 Å². The van der Waals surface area contributed by atoms with E-state index < -0.39 is 46.3 Å². The topological polar surface area (TPSA) is 88.7 Å². The minimum absolute atomic E-state index is 0.200. The molecule has 3 aromatic carbocycles. The Morgan fingerprint density at radius 2 is 1.76 bits per heavy atom. The number of ether oxygens (including phenoxy) is 2. The molecule has 13 heteroatoms. The maximum absolute atomic E-state index is 13.9. The molecule has 0 saturated carbocycles. The van der Waals surface area contributed by atoms with Gasteiger partial charge in [-0.3, -0.25) is 14.4 Å². The van der Waals surface area contributed by atoms with Crippen LogP contribution in [0.5, 0.6) is 11.5 Å². The fraction of sp³-hybridized carbons (Fsp3) is 0.207. The smallest absolute Gasteiger partial charge is 0.418 e. The van der Waals surface area contributed by atoms with Gasteiger partial charge in [-0.05, 0) is 47.5 Å². The summed E-state index contributed by atoms with van der Waals surface area (Å²) in [5.74, 6) is -2.67. The average Bonchev–Trinajstić information content (AvgIpc) is 3.45. The fourth-order valence-electron chi connectivity index (χ4n) is 5.31. The third kappa shape index (κ3) is 4.97. The summed E-state index contributed by atoms with van der Waals surface area (Å²) >= 11 is 7.95. The van der Waals surface area contributed by atoms with E-state index in [-0.39, 0.29) is 11.5 Å². The van der Waals surface area contributed by atoms with Crippen molar-refractivity contribution in [1.29, 1.82) is 0 Å². The summed E-state index contributed by atoms with van der Waals surface area (Å²) in [6, 6.07) is 16.7. The number of thiazole rings is 1. The lowest BCUT2D eigenvalue weighted by atomic mass is 9.83. The second-order valence-corrected chi connectivity index (χ2v) is 12.2. The molecule has 2 amide bonds. The molecule has 216 valence electrons. The molecule has 7 nitrogen and oxygen atoms in total. The summed E-state index contributed by atoms with van der Waals surface area (Å²) in [4.78, 5) is 43.4. The molecule has 42 heavy (non-hydrogen) atoms. The Balaban J connectivity index is 1.40. The molecule has 0 radical (unpaired) electrons. The molecule has 1 fully saturated rings. The van der Waals surface area contributed by atoms with Crippen molar-refractivity contribution in [2.24, 2.45) is 5.92 Å². The van der Waals surface area contributed by atoms with Gasteiger partial charge in [-0.2, -0.15) is 13.2 Å². The third-order valence-corrected chi connectivity index (χ3v) is 9.74. The molecule has 3 atom stereocenters. The minimum atomic E-state index is -4.78. The number of nitrogens with one attached hydrogen (secondary N) is 1. The highest BCUT2D eigenvalue weighted by Crippen LogP contribution is 2.54. The molecule has 4 aromatic rings. The maximum atomic E-state index is 13.9. The van der Waals surface area contributed by atoms with Gasteiger partial charge in [0.15, 0.2) is 11.5 Å². The van der Waals surface area contributed by atoms with Gasteiger partial charge < -0.3 is 14.5 Å². The van der Waals surface area contributed by atoms with Crippen LogP contribution < -0.4 is 19.2 Å². The summed E-state index contributed by atoms with van der Waals surface area (Å²) < 4.78 is 53.1. The predicted octanol–water partition coefficient (Wildman–Crippen LogP) is 6.49. The van der Waals surface area contributed by atoms with Crippen LogP contribution in [0.3, 0.4) is 0 Å². The molecular formula is C29H20ClF3N2O5S2.